The highest BCUT2D eigenvalue weighted by molar-refractivity contribution is 7.89. The summed E-state index contributed by atoms with van der Waals surface area (Å²) in [6.45, 7) is 1.43. The Hall–Kier alpha value is -1.42. The molecule has 0 radical (unpaired) electrons. The molecule has 0 spiro atoms. The van der Waals surface area contributed by atoms with E-state index in [9.17, 15) is 8.42 Å². The first-order valence-electron chi connectivity index (χ1n) is 6.37. The van der Waals surface area contributed by atoms with Gasteiger partial charge in [-0.1, -0.05) is 6.07 Å². The third-order valence-electron chi connectivity index (χ3n) is 3.85. The Morgan fingerprint density at radius 3 is 2.58 bits per heavy atom. The van der Waals surface area contributed by atoms with Gasteiger partial charge in [0.15, 0.2) is 0 Å². The van der Waals surface area contributed by atoms with Crippen molar-refractivity contribution >= 4 is 10.0 Å². The summed E-state index contributed by atoms with van der Waals surface area (Å²) in [5.41, 5.74) is 0.378. The zero-order valence-corrected chi connectivity index (χ0v) is 11.2. The van der Waals surface area contributed by atoms with E-state index in [2.05, 4.69) is 5.32 Å². The SMILES string of the molecule is N#Cc1cccc(S(=O)(=O)N2C3CCC2CNC3)c1. The first kappa shape index (κ1) is 12.6. The zero-order chi connectivity index (χ0) is 13.5. The van der Waals surface area contributed by atoms with Crippen molar-refractivity contribution in [2.24, 2.45) is 0 Å². The molecule has 100 valence electrons. The summed E-state index contributed by atoms with van der Waals surface area (Å²) in [5, 5.41) is 12.2. The van der Waals surface area contributed by atoms with E-state index in [1.165, 1.54) is 6.07 Å². The van der Waals surface area contributed by atoms with Gasteiger partial charge in [0.25, 0.3) is 0 Å². The van der Waals surface area contributed by atoms with Crippen LogP contribution in [0.2, 0.25) is 0 Å². The molecule has 0 saturated carbocycles. The molecular formula is C13H15N3O2S. The molecule has 0 amide bonds. The maximum absolute atomic E-state index is 12.7. The number of piperazine rings is 1. The highest BCUT2D eigenvalue weighted by Crippen LogP contribution is 2.32. The lowest BCUT2D eigenvalue weighted by Gasteiger charge is -2.34. The van der Waals surface area contributed by atoms with Crippen LogP contribution in [0.1, 0.15) is 18.4 Å². The molecule has 19 heavy (non-hydrogen) atoms. The molecule has 3 rings (SSSR count). The van der Waals surface area contributed by atoms with Gasteiger partial charge in [0.1, 0.15) is 0 Å². The predicted octanol–water partition coefficient (Wildman–Crippen LogP) is 0.683. The van der Waals surface area contributed by atoms with Crippen LogP contribution in [-0.2, 0) is 10.0 Å². The Morgan fingerprint density at radius 1 is 1.26 bits per heavy atom. The smallest absolute Gasteiger partial charge is 0.243 e. The molecule has 2 bridgehead atoms. The van der Waals surface area contributed by atoms with Crippen LogP contribution in [0.5, 0.6) is 0 Å². The van der Waals surface area contributed by atoms with E-state index in [0.29, 0.717) is 18.7 Å². The van der Waals surface area contributed by atoms with Gasteiger partial charge >= 0.3 is 0 Å². The maximum Gasteiger partial charge on any atom is 0.243 e. The Bertz CT molecular complexity index is 620. The number of nitrogens with one attached hydrogen (secondary N) is 1. The van der Waals surface area contributed by atoms with Gasteiger partial charge in [0, 0.05) is 25.2 Å². The maximum atomic E-state index is 12.7. The standard InChI is InChI=1S/C13H15N3O2S/c14-7-10-2-1-3-13(6-10)19(17,18)16-11-4-5-12(16)9-15-8-11/h1-3,6,11-12,15H,4-5,8-9H2. The second-order valence-corrected chi connectivity index (χ2v) is 6.86. The minimum Gasteiger partial charge on any atom is -0.314 e. The second kappa shape index (κ2) is 4.60. The lowest BCUT2D eigenvalue weighted by Crippen LogP contribution is -2.53. The summed E-state index contributed by atoms with van der Waals surface area (Å²) in [6, 6.07) is 8.35. The van der Waals surface area contributed by atoms with Crippen molar-refractivity contribution in [1.29, 1.82) is 5.26 Å². The van der Waals surface area contributed by atoms with Gasteiger partial charge in [-0.3, -0.25) is 0 Å². The second-order valence-electron chi connectivity index (χ2n) is 5.02. The van der Waals surface area contributed by atoms with E-state index < -0.39 is 10.0 Å². The quantitative estimate of drug-likeness (QED) is 0.863. The van der Waals surface area contributed by atoms with Gasteiger partial charge in [0.2, 0.25) is 10.0 Å². The molecule has 6 heteroatoms. The minimum atomic E-state index is -3.49. The van der Waals surface area contributed by atoms with Crippen molar-refractivity contribution < 1.29 is 8.42 Å². The third-order valence-corrected chi connectivity index (χ3v) is 5.85. The molecule has 0 aliphatic carbocycles. The average molecular weight is 277 g/mol. The van der Waals surface area contributed by atoms with E-state index in [1.807, 2.05) is 6.07 Å². The summed E-state index contributed by atoms with van der Waals surface area (Å²) in [7, 11) is -3.49. The van der Waals surface area contributed by atoms with Crippen molar-refractivity contribution in [3.63, 3.8) is 0 Å². The molecule has 2 heterocycles. The van der Waals surface area contributed by atoms with Gasteiger partial charge in [-0.05, 0) is 31.0 Å². The lowest BCUT2D eigenvalue weighted by molar-refractivity contribution is 0.263. The summed E-state index contributed by atoms with van der Waals surface area (Å²) in [6.07, 6.45) is 1.82. The van der Waals surface area contributed by atoms with E-state index in [-0.39, 0.29) is 17.0 Å². The molecule has 2 aliphatic rings. The summed E-state index contributed by atoms with van der Waals surface area (Å²) in [4.78, 5) is 0.227. The average Bonchev–Trinajstić information content (AvgIpc) is 2.70. The number of hydrogen-bond donors (Lipinski definition) is 1. The Kier molecular flexibility index (Phi) is 3.05. The molecule has 1 aromatic rings. The first-order valence-corrected chi connectivity index (χ1v) is 7.81. The van der Waals surface area contributed by atoms with Crippen LogP contribution in [0.3, 0.4) is 0 Å². The number of benzene rings is 1. The van der Waals surface area contributed by atoms with Crippen LogP contribution in [0.15, 0.2) is 29.2 Å². The van der Waals surface area contributed by atoms with Crippen LogP contribution in [-0.4, -0.2) is 37.9 Å². The highest BCUT2D eigenvalue weighted by atomic mass is 32.2. The number of fused-ring (bicyclic) bond motifs is 2. The number of nitrogens with zero attached hydrogens (tertiary/aromatic N) is 2. The van der Waals surface area contributed by atoms with Crippen molar-refractivity contribution in [3.05, 3.63) is 29.8 Å². The topological polar surface area (TPSA) is 73.2 Å². The molecule has 0 aromatic heterocycles. The van der Waals surface area contributed by atoms with Crippen LogP contribution in [0.25, 0.3) is 0 Å². The monoisotopic (exact) mass is 277 g/mol. The molecular weight excluding hydrogens is 262 g/mol. The van der Waals surface area contributed by atoms with Crippen molar-refractivity contribution in [3.8, 4) is 6.07 Å². The first-order chi connectivity index (χ1) is 9.13. The van der Waals surface area contributed by atoms with Gasteiger partial charge in [-0.2, -0.15) is 9.57 Å². The molecule has 2 unspecified atom stereocenters. The molecule has 1 N–H and O–H groups in total. The van der Waals surface area contributed by atoms with E-state index in [1.54, 1.807) is 22.5 Å². The van der Waals surface area contributed by atoms with Crippen molar-refractivity contribution in [2.45, 2.75) is 29.8 Å². The Balaban J connectivity index is 2.01. The molecule has 2 atom stereocenters. The largest absolute Gasteiger partial charge is 0.314 e. The highest BCUT2D eigenvalue weighted by Gasteiger charge is 2.44. The van der Waals surface area contributed by atoms with Crippen LogP contribution in [0.4, 0.5) is 0 Å². The van der Waals surface area contributed by atoms with Gasteiger partial charge in [-0.25, -0.2) is 8.42 Å². The normalized spacial score (nSPS) is 27.1. The van der Waals surface area contributed by atoms with Gasteiger partial charge in [0.05, 0.1) is 16.5 Å². The van der Waals surface area contributed by atoms with Gasteiger partial charge < -0.3 is 5.32 Å². The molecule has 1 aromatic carbocycles. The van der Waals surface area contributed by atoms with Crippen LogP contribution < -0.4 is 5.32 Å². The summed E-state index contributed by atoms with van der Waals surface area (Å²) in [5.74, 6) is 0. The van der Waals surface area contributed by atoms with Crippen molar-refractivity contribution in [2.75, 3.05) is 13.1 Å². The van der Waals surface area contributed by atoms with E-state index in [0.717, 1.165) is 12.8 Å². The van der Waals surface area contributed by atoms with Crippen LogP contribution >= 0.6 is 0 Å². The third kappa shape index (κ3) is 2.04. The summed E-state index contributed by atoms with van der Waals surface area (Å²) >= 11 is 0. The number of hydrogen-bond acceptors (Lipinski definition) is 4. The number of nitriles is 1. The lowest BCUT2D eigenvalue weighted by atomic mass is 10.2. The predicted molar refractivity (Wildman–Crippen MR) is 69.9 cm³/mol. The molecule has 5 nitrogen and oxygen atoms in total. The van der Waals surface area contributed by atoms with Crippen LogP contribution in [0, 0.1) is 11.3 Å². The Morgan fingerprint density at radius 2 is 1.95 bits per heavy atom. The van der Waals surface area contributed by atoms with Gasteiger partial charge in [-0.15, -0.1) is 0 Å². The van der Waals surface area contributed by atoms with E-state index >= 15 is 0 Å². The fourth-order valence-corrected chi connectivity index (χ4v) is 4.89. The number of sulfonamides is 1. The molecule has 2 aliphatic heterocycles. The fraction of sp³-hybridized carbons (Fsp3) is 0.462. The number of rotatable bonds is 2. The minimum absolute atomic E-state index is 0.0505. The molecule has 2 saturated heterocycles. The van der Waals surface area contributed by atoms with E-state index in [4.69, 9.17) is 5.26 Å². The Labute approximate surface area is 112 Å². The molecule has 2 fully saturated rings. The van der Waals surface area contributed by atoms with Crippen molar-refractivity contribution in [1.82, 2.24) is 9.62 Å². The summed E-state index contributed by atoms with van der Waals surface area (Å²) < 4.78 is 27.0. The fourth-order valence-electron chi connectivity index (χ4n) is 2.98. The zero-order valence-electron chi connectivity index (χ0n) is 10.4.